The minimum absolute atomic E-state index is 0.119. The zero-order valence-electron chi connectivity index (χ0n) is 14.2. The van der Waals surface area contributed by atoms with Crippen LogP contribution in [0.25, 0.3) is 10.7 Å². The summed E-state index contributed by atoms with van der Waals surface area (Å²) in [6, 6.07) is 9.13. The van der Waals surface area contributed by atoms with Crippen molar-refractivity contribution in [1.29, 1.82) is 0 Å². The molecule has 0 saturated carbocycles. The van der Waals surface area contributed by atoms with Crippen LogP contribution in [-0.4, -0.2) is 22.7 Å². The van der Waals surface area contributed by atoms with Crippen LogP contribution in [0, 0.1) is 0 Å². The lowest BCUT2D eigenvalue weighted by Gasteiger charge is -2.12. The second-order valence-electron chi connectivity index (χ2n) is 5.44. The first-order chi connectivity index (χ1) is 12.7. The highest BCUT2D eigenvalue weighted by Gasteiger charge is 2.13. The average molecular weight is 392 g/mol. The molecule has 0 radical (unpaired) electrons. The van der Waals surface area contributed by atoms with Crippen molar-refractivity contribution in [3.8, 4) is 16.5 Å². The Morgan fingerprint density at radius 3 is 3.00 bits per heavy atom. The van der Waals surface area contributed by atoms with Crippen LogP contribution in [0.4, 0.5) is 5.69 Å². The molecule has 0 aliphatic heterocycles. The van der Waals surface area contributed by atoms with E-state index in [1.165, 1.54) is 0 Å². The first kappa shape index (κ1) is 18.4. The summed E-state index contributed by atoms with van der Waals surface area (Å²) in [4.78, 5) is 17.5. The van der Waals surface area contributed by atoms with Crippen LogP contribution in [0.2, 0.25) is 5.02 Å². The summed E-state index contributed by atoms with van der Waals surface area (Å²) in [5.41, 5.74) is 0.571. The van der Waals surface area contributed by atoms with Crippen molar-refractivity contribution in [2.24, 2.45) is 0 Å². The van der Waals surface area contributed by atoms with Gasteiger partial charge < -0.3 is 14.6 Å². The van der Waals surface area contributed by atoms with Gasteiger partial charge in [-0.2, -0.15) is 4.98 Å². The van der Waals surface area contributed by atoms with Crippen LogP contribution < -0.4 is 10.1 Å². The third kappa shape index (κ3) is 4.62. The van der Waals surface area contributed by atoms with Crippen LogP contribution in [0.3, 0.4) is 0 Å². The number of rotatable bonds is 8. The first-order valence-corrected chi connectivity index (χ1v) is 9.50. The lowest BCUT2D eigenvalue weighted by atomic mass is 10.2. The van der Waals surface area contributed by atoms with Crippen molar-refractivity contribution in [2.45, 2.75) is 26.2 Å². The van der Waals surface area contributed by atoms with Gasteiger partial charge >= 0.3 is 0 Å². The highest BCUT2D eigenvalue weighted by atomic mass is 35.5. The van der Waals surface area contributed by atoms with Gasteiger partial charge in [0.25, 0.3) is 0 Å². The molecule has 1 N–H and O–H groups in total. The van der Waals surface area contributed by atoms with Gasteiger partial charge in [-0.05, 0) is 36.9 Å². The molecule has 0 aliphatic rings. The van der Waals surface area contributed by atoms with Crippen LogP contribution in [0.5, 0.6) is 5.75 Å². The number of anilines is 1. The van der Waals surface area contributed by atoms with Crippen molar-refractivity contribution >= 4 is 34.5 Å². The Morgan fingerprint density at radius 2 is 2.23 bits per heavy atom. The zero-order chi connectivity index (χ0) is 18.4. The van der Waals surface area contributed by atoms with Crippen LogP contribution in [-0.2, 0) is 11.2 Å². The quantitative estimate of drug-likeness (QED) is 0.596. The summed E-state index contributed by atoms with van der Waals surface area (Å²) in [5, 5.41) is 9.22. The largest absolute Gasteiger partial charge is 0.490 e. The summed E-state index contributed by atoms with van der Waals surface area (Å²) in [5.74, 6) is 1.48. The molecule has 2 aromatic heterocycles. The molecule has 0 spiro atoms. The van der Waals surface area contributed by atoms with Crippen LogP contribution in [0.15, 0.2) is 40.2 Å². The number of thiophene rings is 1. The molecule has 0 atom stereocenters. The standard InChI is InChI=1S/C18H18ClN3O3S/c1-2-24-17-12(19)6-3-7-13(17)20-15(23)9-4-10-16-21-18(22-25-16)14-8-5-11-26-14/h3,5-8,11H,2,4,9-10H2,1H3,(H,20,23). The van der Waals surface area contributed by atoms with Crippen molar-refractivity contribution in [1.82, 2.24) is 10.1 Å². The predicted octanol–water partition coefficient (Wildman–Crippen LogP) is 4.81. The second kappa shape index (κ2) is 8.82. The molecule has 26 heavy (non-hydrogen) atoms. The van der Waals surface area contributed by atoms with Gasteiger partial charge in [0.1, 0.15) is 0 Å². The van der Waals surface area contributed by atoms with E-state index in [1.807, 2.05) is 24.4 Å². The Kier molecular flexibility index (Phi) is 6.25. The summed E-state index contributed by atoms with van der Waals surface area (Å²) < 4.78 is 10.7. The smallest absolute Gasteiger partial charge is 0.226 e. The number of aryl methyl sites for hydroxylation is 1. The van der Waals surface area contributed by atoms with Crippen LogP contribution in [0.1, 0.15) is 25.7 Å². The summed E-state index contributed by atoms with van der Waals surface area (Å²) >= 11 is 7.67. The van der Waals surface area contributed by atoms with E-state index >= 15 is 0 Å². The molecule has 6 nitrogen and oxygen atoms in total. The van der Waals surface area contributed by atoms with Crippen molar-refractivity contribution < 1.29 is 14.1 Å². The monoisotopic (exact) mass is 391 g/mol. The lowest BCUT2D eigenvalue weighted by molar-refractivity contribution is -0.116. The Morgan fingerprint density at radius 1 is 1.35 bits per heavy atom. The molecule has 2 heterocycles. The minimum Gasteiger partial charge on any atom is -0.490 e. The minimum atomic E-state index is -0.119. The van der Waals surface area contributed by atoms with Gasteiger partial charge in [0, 0.05) is 12.8 Å². The van der Waals surface area contributed by atoms with E-state index in [2.05, 4.69) is 15.5 Å². The maximum absolute atomic E-state index is 12.2. The topological polar surface area (TPSA) is 77.2 Å². The summed E-state index contributed by atoms with van der Waals surface area (Å²) in [6.45, 7) is 2.33. The molecular weight excluding hydrogens is 374 g/mol. The van der Waals surface area contributed by atoms with Crippen LogP contribution >= 0.6 is 22.9 Å². The Labute approximate surface area is 160 Å². The number of aromatic nitrogens is 2. The number of ether oxygens (including phenoxy) is 1. The normalized spacial score (nSPS) is 10.7. The summed E-state index contributed by atoms with van der Waals surface area (Å²) in [7, 11) is 0. The molecule has 0 aliphatic carbocycles. The number of carbonyl (C=O) groups is 1. The zero-order valence-corrected chi connectivity index (χ0v) is 15.8. The highest BCUT2D eigenvalue weighted by Crippen LogP contribution is 2.33. The van der Waals surface area contributed by atoms with Gasteiger partial charge in [-0.25, -0.2) is 0 Å². The number of hydrogen-bond donors (Lipinski definition) is 1. The van der Waals surface area contributed by atoms with E-state index in [4.69, 9.17) is 20.9 Å². The average Bonchev–Trinajstić information content (AvgIpc) is 3.29. The van der Waals surface area contributed by atoms with Crippen molar-refractivity contribution in [3.63, 3.8) is 0 Å². The Hall–Kier alpha value is -2.38. The van der Waals surface area contributed by atoms with Crippen molar-refractivity contribution in [2.75, 3.05) is 11.9 Å². The number of para-hydroxylation sites is 1. The van der Waals surface area contributed by atoms with Gasteiger partial charge in [0.2, 0.25) is 17.6 Å². The molecule has 0 saturated heterocycles. The molecule has 3 rings (SSSR count). The number of amides is 1. The molecule has 1 aromatic carbocycles. The Bertz CT molecular complexity index is 864. The number of nitrogens with one attached hydrogen (secondary N) is 1. The van der Waals surface area contributed by atoms with Gasteiger partial charge in [-0.15, -0.1) is 11.3 Å². The number of hydrogen-bond acceptors (Lipinski definition) is 6. The molecule has 136 valence electrons. The van der Waals surface area contributed by atoms with E-state index in [-0.39, 0.29) is 5.91 Å². The van der Waals surface area contributed by atoms with E-state index in [0.717, 1.165) is 4.88 Å². The third-order valence-corrected chi connectivity index (χ3v) is 4.70. The number of halogens is 1. The first-order valence-electron chi connectivity index (χ1n) is 8.25. The SMILES string of the molecule is CCOc1c(Cl)cccc1NC(=O)CCCc1nc(-c2cccs2)no1. The van der Waals surface area contributed by atoms with E-state index in [1.54, 1.807) is 29.5 Å². The molecule has 0 bridgehead atoms. The fourth-order valence-corrected chi connectivity index (χ4v) is 3.25. The number of benzene rings is 1. The maximum Gasteiger partial charge on any atom is 0.226 e. The number of carbonyl (C=O) groups excluding carboxylic acids is 1. The van der Waals surface area contributed by atoms with Gasteiger partial charge in [0.15, 0.2) is 5.75 Å². The molecule has 8 heteroatoms. The highest BCUT2D eigenvalue weighted by molar-refractivity contribution is 7.13. The lowest BCUT2D eigenvalue weighted by Crippen LogP contribution is -2.12. The maximum atomic E-state index is 12.2. The van der Waals surface area contributed by atoms with E-state index in [9.17, 15) is 4.79 Å². The number of nitrogens with zero attached hydrogens (tertiary/aromatic N) is 2. The van der Waals surface area contributed by atoms with E-state index in [0.29, 0.717) is 54.0 Å². The van der Waals surface area contributed by atoms with Gasteiger partial charge in [-0.3, -0.25) is 4.79 Å². The van der Waals surface area contributed by atoms with E-state index < -0.39 is 0 Å². The Balaban J connectivity index is 1.51. The van der Waals surface area contributed by atoms with Crippen molar-refractivity contribution in [3.05, 3.63) is 46.6 Å². The third-order valence-electron chi connectivity index (χ3n) is 3.53. The molecule has 3 aromatic rings. The summed E-state index contributed by atoms with van der Waals surface area (Å²) in [6.07, 6.45) is 1.47. The van der Waals surface area contributed by atoms with Gasteiger partial charge in [-0.1, -0.05) is 28.9 Å². The fourth-order valence-electron chi connectivity index (χ4n) is 2.37. The molecular formula is C18H18ClN3O3S. The second-order valence-corrected chi connectivity index (χ2v) is 6.80. The molecule has 0 unspecified atom stereocenters. The predicted molar refractivity (Wildman–Crippen MR) is 102 cm³/mol. The van der Waals surface area contributed by atoms with Gasteiger partial charge in [0.05, 0.1) is 22.2 Å². The fraction of sp³-hybridized carbons (Fsp3) is 0.278. The molecule has 1 amide bonds. The molecule has 0 fully saturated rings.